The third-order valence-electron chi connectivity index (χ3n) is 4.34. The van der Waals surface area contributed by atoms with Crippen molar-refractivity contribution in [2.24, 2.45) is 5.73 Å². The zero-order chi connectivity index (χ0) is 13.7. The molecule has 0 saturated carbocycles. The van der Waals surface area contributed by atoms with Crippen LogP contribution in [0.15, 0.2) is 18.2 Å². The molecule has 3 N–H and O–H groups in total. The highest BCUT2D eigenvalue weighted by Gasteiger charge is 2.29. The summed E-state index contributed by atoms with van der Waals surface area (Å²) < 4.78 is 0. The molecule has 2 rings (SSSR count). The number of rotatable bonds is 6. The van der Waals surface area contributed by atoms with Gasteiger partial charge in [-0.3, -0.25) is 0 Å². The molecular formula is C17H28ClNO. The molecule has 0 aliphatic heterocycles. The van der Waals surface area contributed by atoms with Gasteiger partial charge in [-0.2, -0.15) is 0 Å². The number of hydrogen-bond acceptors (Lipinski definition) is 2. The van der Waals surface area contributed by atoms with Crippen molar-refractivity contribution in [2.75, 3.05) is 6.61 Å². The lowest BCUT2D eigenvalue weighted by Crippen LogP contribution is -2.48. The van der Waals surface area contributed by atoms with Gasteiger partial charge >= 0.3 is 0 Å². The van der Waals surface area contributed by atoms with Gasteiger partial charge < -0.3 is 10.8 Å². The number of unbranched alkanes of at least 4 members (excludes halogenated alkanes) is 3. The number of benzene rings is 1. The number of aliphatic hydroxyl groups is 1. The first-order valence-corrected chi connectivity index (χ1v) is 7.67. The second-order valence-electron chi connectivity index (χ2n) is 6.11. The fourth-order valence-electron chi connectivity index (χ4n) is 2.99. The lowest BCUT2D eigenvalue weighted by molar-refractivity contribution is 0.181. The second-order valence-corrected chi connectivity index (χ2v) is 6.11. The molecule has 0 radical (unpaired) electrons. The molecule has 1 unspecified atom stereocenters. The molecular weight excluding hydrogens is 270 g/mol. The van der Waals surface area contributed by atoms with Gasteiger partial charge in [0.1, 0.15) is 0 Å². The summed E-state index contributed by atoms with van der Waals surface area (Å²) in [6, 6.07) is 6.85. The summed E-state index contributed by atoms with van der Waals surface area (Å²) in [7, 11) is 0. The molecule has 114 valence electrons. The van der Waals surface area contributed by atoms with Gasteiger partial charge in [0, 0.05) is 5.54 Å². The van der Waals surface area contributed by atoms with Crippen molar-refractivity contribution in [3.63, 3.8) is 0 Å². The molecule has 20 heavy (non-hydrogen) atoms. The molecule has 0 bridgehead atoms. The van der Waals surface area contributed by atoms with Gasteiger partial charge in [-0.1, -0.05) is 44.4 Å². The van der Waals surface area contributed by atoms with E-state index in [9.17, 15) is 5.11 Å². The Bertz CT molecular complexity index is 421. The summed E-state index contributed by atoms with van der Waals surface area (Å²) in [5.41, 5.74) is 10.0. The van der Waals surface area contributed by atoms with Crippen LogP contribution in [0.1, 0.15) is 55.7 Å². The Morgan fingerprint density at radius 3 is 2.70 bits per heavy atom. The molecule has 0 spiro atoms. The Morgan fingerprint density at radius 1 is 1.20 bits per heavy atom. The molecule has 2 nitrogen and oxygen atoms in total. The average Bonchev–Trinajstić information content (AvgIpc) is 2.43. The molecule has 1 aliphatic carbocycles. The SMILES string of the molecule is CCCCCCc1ccc2c(c1)CC(N)(CO)CC2.Cl. The molecule has 3 heteroatoms. The molecule has 1 aromatic carbocycles. The first kappa shape index (κ1) is 17.5. The van der Waals surface area contributed by atoms with Crippen molar-refractivity contribution >= 4 is 12.4 Å². The van der Waals surface area contributed by atoms with E-state index in [1.165, 1.54) is 48.8 Å². The topological polar surface area (TPSA) is 46.2 Å². The number of aliphatic hydroxyl groups excluding tert-OH is 1. The van der Waals surface area contributed by atoms with Crippen molar-refractivity contribution in [3.8, 4) is 0 Å². The minimum Gasteiger partial charge on any atom is -0.394 e. The summed E-state index contributed by atoms with van der Waals surface area (Å²) in [6.45, 7) is 2.34. The highest BCUT2D eigenvalue weighted by Crippen LogP contribution is 2.28. The molecule has 0 aromatic heterocycles. The van der Waals surface area contributed by atoms with Crippen LogP contribution in [0.3, 0.4) is 0 Å². The Balaban J connectivity index is 0.00000200. The highest BCUT2D eigenvalue weighted by molar-refractivity contribution is 5.85. The van der Waals surface area contributed by atoms with Crippen LogP contribution in [0.5, 0.6) is 0 Å². The lowest BCUT2D eigenvalue weighted by atomic mass is 9.78. The Kier molecular flexibility index (Phi) is 7.01. The standard InChI is InChI=1S/C17H27NO.ClH/c1-2-3-4-5-6-14-7-8-15-9-10-17(18,13-19)12-16(15)11-14;/h7-8,11,19H,2-6,9-10,12-13,18H2,1H3;1H. The van der Waals surface area contributed by atoms with Gasteiger partial charge in [-0.25, -0.2) is 0 Å². The highest BCUT2D eigenvalue weighted by atomic mass is 35.5. The summed E-state index contributed by atoms with van der Waals surface area (Å²) in [4.78, 5) is 0. The van der Waals surface area contributed by atoms with Crippen LogP contribution in [0, 0.1) is 0 Å². The van der Waals surface area contributed by atoms with Crippen LogP contribution in [-0.4, -0.2) is 17.3 Å². The molecule has 0 heterocycles. The van der Waals surface area contributed by atoms with E-state index >= 15 is 0 Å². The van der Waals surface area contributed by atoms with Gasteiger partial charge in [0.25, 0.3) is 0 Å². The van der Waals surface area contributed by atoms with E-state index in [4.69, 9.17) is 5.73 Å². The molecule has 0 fully saturated rings. The fraction of sp³-hybridized carbons (Fsp3) is 0.647. The van der Waals surface area contributed by atoms with E-state index in [2.05, 4.69) is 25.1 Å². The van der Waals surface area contributed by atoms with Gasteiger partial charge in [0.2, 0.25) is 0 Å². The van der Waals surface area contributed by atoms with Crippen molar-refractivity contribution in [3.05, 3.63) is 34.9 Å². The summed E-state index contributed by atoms with van der Waals surface area (Å²) in [5.74, 6) is 0. The number of halogens is 1. The minimum absolute atomic E-state index is 0. The molecule has 0 saturated heterocycles. The van der Waals surface area contributed by atoms with Crippen molar-refractivity contribution in [1.82, 2.24) is 0 Å². The van der Waals surface area contributed by atoms with E-state index < -0.39 is 5.54 Å². The van der Waals surface area contributed by atoms with Gasteiger partial charge in [0.15, 0.2) is 0 Å². The van der Waals surface area contributed by atoms with Gasteiger partial charge in [-0.15, -0.1) is 12.4 Å². The summed E-state index contributed by atoms with van der Waals surface area (Å²) in [5, 5.41) is 9.42. The fourth-order valence-corrected chi connectivity index (χ4v) is 2.99. The second kappa shape index (κ2) is 8.02. The van der Waals surface area contributed by atoms with E-state index in [0.29, 0.717) is 0 Å². The van der Waals surface area contributed by atoms with E-state index in [-0.39, 0.29) is 19.0 Å². The third kappa shape index (κ3) is 4.47. The summed E-state index contributed by atoms with van der Waals surface area (Å²) >= 11 is 0. The predicted molar refractivity (Wildman–Crippen MR) is 87.6 cm³/mol. The number of fused-ring (bicyclic) bond motifs is 1. The van der Waals surface area contributed by atoms with Gasteiger partial charge in [-0.05, 0) is 48.8 Å². The smallest absolute Gasteiger partial charge is 0.0614 e. The maximum Gasteiger partial charge on any atom is 0.0614 e. The molecule has 1 aliphatic rings. The minimum atomic E-state index is -0.395. The third-order valence-corrected chi connectivity index (χ3v) is 4.34. The largest absolute Gasteiger partial charge is 0.394 e. The van der Waals surface area contributed by atoms with Gasteiger partial charge in [0.05, 0.1) is 6.61 Å². The van der Waals surface area contributed by atoms with E-state index in [1.54, 1.807) is 0 Å². The van der Waals surface area contributed by atoms with Crippen molar-refractivity contribution in [2.45, 2.75) is 63.8 Å². The van der Waals surface area contributed by atoms with E-state index in [1.807, 2.05) is 0 Å². The molecule has 1 atom stereocenters. The van der Waals surface area contributed by atoms with Crippen LogP contribution < -0.4 is 5.73 Å². The zero-order valence-electron chi connectivity index (χ0n) is 12.5. The normalized spacial score (nSPS) is 21.1. The Morgan fingerprint density at radius 2 is 2.00 bits per heavy atom. The monoisotopic (exact) mass is 297 g/mol. The average molecular weight is 298 g/mol. The van der Waals surface area contributed by atoms with Crippen molar-refractivity contribution < 1.29 is 5.11 Å². The number of hydrogen-bond donors (Lipinski definition) is 2. The molecule has 0 amide bonds. The van der Waals surface area contributed by atoms with E-state index in [0.717, 1.165) is 19.3 Å². The number of aryl methyl sites for hydroxylation is 2. The first-order valence-electron chi connectivity index (χ1n) is 7.67. The van der Waals surface area contributed by atoms with Crippen LogP contribution in [0.2, 0.25) is 0 Å². The Hall–Kier alpha value is -0.570. The summed E-state index contributed by atoms with van der Waals surface area (Å²) in [6.07, 6.45) is 9.11. The molecule has 1 aromatic rings. The van der Waals surface area contributed by atoms with Crippen LogP contribution in [0.4, 0.5) is 0 Å². The number of nitrogens with two attached hydrogens (primary N) is 1. The van der Waals surface area contributed by atoms with Crippen LogP contribution in [0.25, 0.3) is 0 Å². The van der Waals surface area contributed by atoms with Crippen molar-refractivity contribution in [1.29, 1.82) is 0 Å². The Labute approximate surface area is 129 Å². The maximum absolute atomic E-state index is 9.42. The maximum atomic E-state index is 9.42. The first-order chi connectivity index (χ1) is 9.17. The van der Waals surface area contributed by atoms with Crippen LogP contribution >= 0.6 is 12.4 Å². The lowest BCUT2D eigenvalue weighted by Gasteiger charge is -2.33. The predicted octanol–water partition coefficient (Wildman–Crippen LogP) is 3.41. The zero-order valence-corrected chi connectivity index (χ0v) is 13.3. The van der Waals surface area contributed by atoms with Crippen LogP contribution in [-0.2, 0) is 19.3 Å². The quantitative estimate of drug-likeness (QED) is 0.791.